The van der Waals surface area contributed by atoms with Gasteiger partial charge in [-0.2, -0.15) is 0 Å². The van der Waals surface area contributed by atoms with Crippen LogP contribution < -0.4 is 4.57 Å². The van der Waals surface area contributed by atoms with Crippen molar-refractivity contribution >= 4 is 5.71 Å². The zero-order valence-electron chi connectivity index (χ0n) is 14.0. The molecule has 1 aromatic heterocycles. The number of hydrogen-bond donors (Lipinski definition) is 0. The molecule has 1 atom stereocenters. The first kappa shape index (κ1) is 15.7. The molecule has 3 nitrogen and oxygen atoms in total. The standard InChI is InChI=1S/C18H28N3/c1-6-17(18-20(4)12-13-21(18)5)19-16-9-7-8-15(10-11-16)14(2)3/h9-15H,6-8H2,1-5H3/q+1. The molecule has 0 radical (unpaired) electrons. The Kier molecular flexibility index (Phi) is 5.16. The summed E-state index contributed by atoms with van der Waals surface area (Å²) in [7, 11) is 4.15. The van der Waals surface area contributed by atoms with Crippen molar-refractivity contribution < 1.29 is 4.57 Å². The van der Waals surface area contributed by atoms with Crippen LogP contribution in [0.4, 0.5) is 0 Å². The molecule has 0 bridgehead atoms. The highest BCUT2D eigenvalue weighted by molar-refractivity contribution is 5.97. The molecule has 0 amide bonds. The summed E-state index contributed by atoms with van der Waals surface area (Å²) in [5.74, 6) is 2.55. The molecule has 1 aliphatic carbocycles. The second-order valence-electron chi connectivity index (χ2n) is 6.23. The number of hydrogen-bond acceptors (Lipinski definition) is 1. The van der Waals surface area contributed by atoms with Crippen LogP contribution in [0.15, 0.2) is 41.3 Å². The normalized spacial score (nSPS) is 19.8. The van der Waals surface area contributed by atoms with Crippen LogP contribution in [-0.4, -0.2) is 10.3 Å². The van der Waals surface area contributed by atoms with Gasteiger partial charge in [0.25, 0.3) is 0 Å². The molecule has 1 aliphatic rings. The summed E-state index contributed by atoms with van der Waals surface area (Å²) in [5, 5.41) is 0. The lowest BCUT2D eigenvalue weighted by molar-refractivity contribution is -0.672. The number of nitrogens with zero attached hydrogens (tertiary/aromatic N) is 3. The minimum Gasteiger partial charge on any atom is -0.245 e. The molecule has 114 valence electrons. The van der Waals surface area contributed by atoms with Crippen LogP contribution in [0.1, 0.15) is 45.9 Å². The van der Waals surface area contributed by atoms with Crippen LogP contribution in [0.3, 0.4) is 0 Å². The van der Waals surface area contributed by atoms with E-state index < -0.39 is 0 Å². The molecule has 0 aromatic carbocycles. The Balaban J connectivity index is 2.28. The largest absolute Gasteiger partial charge is 0.303 e. The topological polar surface area (TPSA) is 21.2 Å². The van der Waals surface area contributed by atoms with Gasteiger partial charge in [0.1, 0.15) is 18.1 Å². The lowest BCUT2D eigenvalue weighted by atomic mass is 9.92. The molecule has 21 heavy (non-hydrogen) atoms. The molecule has 1 heterocycles. The summed E-state index contributed by atoms with van der Waals surface area (Å²) < 4.78 is 4.28. The molecule has 0 saturated heterocycles. The third-order valence-corrected chi connectivity index (χ3v) is 4.26. The number of allylic oxidation sites excluding steroid dienone is 3. The van der Waals surface area contributed by atoms with E-state index in [1.54, 1.807) is 0 Å². The second-order valence-corrected chi connectivity index (χ2v) is 6.23. The van der Waals surface area contributed by atoms with Crippen molar-refractivity contribution in [3.63, 3.8) is 0 Å². The smallest absolute Gasteiger partial charge is 0.245 e. The molecule has 3 heteroatoms. The monoisotopic (exact) mass is 286 g/mol. The van der Waals surface area contributed by atoms with Gasteiger partial charge in [-0.3, -0.25) is 0 Å². The number of aryl methyl sites for hydroxylation is 2. The van der Waals surface area contributed by atoms with Gasteiger partial charge in [-0.05, 0) is 37.2 Å². The van der Waals surface area contributed by atoms with Gasteiger partial charge in [0.05, 0.1) is 19.8 Å². The van der Waals surface area contributed by atoms with E-state index in [0.717, 1.165) is 24.3 Å². The average Bonchev–Trinajstić information content (AvgIpc) is 2.67. The maximum atomic E-state index is 4.92. The van der Waals surface area contributed by atoms with Crippen LogP contribution in [0, 0.1) is 11.8 Å². The van der Waals surface area contributed by atoms with Crippen molar-refractivity contribution in [3.8, 4) is 0 Å². The predicted octanol–water partition coefficient (Wildman–Crippen LogP) is 3.55. The van der Waals surface area contributed by atoms with Crippen molar-refractivity contribution in [2.24, 2.45) is 30.9 Å². The van der Waals surface area contributed by atoms with Gasteiger partial charge in [0, 0.05) is 0 Å². The van der Waals surface area contributed by atoms with E-state index in [-0.39, 0.29) is 0 Å². The van der Waals surface area contributed by atoms with Gasteiger partial charge in [0.2, 0.25) is 0 Å². The fraction of sp³-hybridized carbons (Fsp3) is 0.556. The van der Waals surface area contributed by atoms with E-state index in [1.165, 1.54) is 12.2 Å². The highest BCUT2D eigenvalue weighted by atomic mass is 15.1. The van der Waals surface area contributed by atoms with Gasteiger partial charge in [-0.15, -0.1) is 0 Å². The van der Waals surface area contributed by atoms with Gasteiger partial charge >= 0.3 is 5.82 Å². The van der Waals surface area contributed by atoms with Crippen molar-refractivity contribution in [1.82, 2.24) is 4.57 Å². The van der Waals surface area contributed by atoms with Crippen molar-refractivity contribution in [2.75, 3.05) is 0 Å². The van der Waals surface area contributed by atoms with Crippen molar-refractivity contribution in [1.29, 1.82) is 0 Å². The first-order valence-corrected chi connectivity index (χ1v) is 8.00. The molecule has 2 rings (SSSR count). The third-order valence-electron chi connectivity index (χ3n) is 4.26. The number of aromatic nitrogens is 2. The Morgan fingerprint density at radius 3 is 2.81 bits per heavy atom. The van der Waals surface area contributed by atoms with Crippen LogP contribution in [0.2, 0.25) is 0 Å². The molecular weight excluding hydrogens is 258 g/mol. The van der Waals surface area contributed by atoms with E-state index in [9.17, 15) is 0 Å². The Labute approximate surface area is 128 Å². The van der Waals surface area contributed by atoms with Gasteiger partial charge in [-0.1, -0.05) is 32.9 Å². The van der Waals surface area contributed by atoms with Crippen LogP contribution >= 0.6 is 0 Å². The maximum Gasteiger partial charge on any atom is 0.303 e. The Morgan fingerprint density at radius 2 is 2.24 bits per heavy atom. The zero-order valence-corrected chi connectivity index (χ0v) is 14.0. The molecule has 0 spiro atoms. The fourth-order valence-electron chi connectivity index (χ4n) is 2.89. The molecule has 1 unspecified atom stereocenters. The summed E-state index contributed by atoms with van der Waals surface area (Å²) in [4.78, 5) is 4.92. The summed E-state index contributed by atoms with van der Waals surface area (Å²) in [5.41, 5.74) is 2.25. The lowest BCUT2D eigenvalue weighted by Gasteiger charge is -2.13. The Morgan fingerprint density at radius 1 is 1.48 bits per heavy atom. The van der Waals surface area contributed by atoms with E-state index in [1.807, 2.05) is 0 Å². The third kappa shape index (κ3) is 3.72. The fourth-order valence-corrected chi connectivity index (χ4v) is 2.89. The quantitative estimate of drug-likeness (QED) is 0.596. The van der Waals surface area contributed by atoms with Crippen molar-refractivity contribution in [3.05, 3.63) is 42.1 Å². The summed E-state index contributed by atoms with van der Waals surface area (Å²) >= 11 is 0. The SMILES string of the molecule is CCC(=NC1=CCCC(C(C)C)C=C1)c1n(C)cc[n+]1C. The maximum absolute atomic E-state index is 4.92. The molecule has 0 fully saturated rings. The highest BCUT2D eigenvalue weighted by Crippen LogP contribution is 2.23. The molecule has 0 saturated carbocycles. The predicted molar refractivity (Wildman–Crippen MR) is 88.2 cm³/mol. The van der Waals surface area contributed by atoms with Gasteiger partial charge in [-0.25, -0.2) is 14.1 Å². The summed E-state index contributed by atoms with van der Waals surface area (Å²) in [6, 6.07) is 0. The van der Waals surface area contributed by atoms with E-state index >= 15 is 0 Å². The first-order valence-electron chi connectivity index (χ1n) is 8.00. The number of rotatable bonds is 4. The Hall–Kier alpha value is -1.64. The Bertz CT molecular complexity index is 554. The summed E-state index contributed by atoms with van der Waals surface area (Å²) in [6.45, 7) is 6.76. The van der Waals surface area contributed by atoms with Crippen molar-refractivity contribution in [2.45, 2.75) is 40.0 Å². The number of aliphatic imine (C=N–C) groups is 1. The first-order chi connectivity index (χ1) is 10.0. The molecule has 1 aromatic rings. The van der Waals surface area contributed by atoms with E-state index in [2.05, 4.69) is 74.6 Å². The van der Waals surface area contributed by atoms with E-state index in [0.29, 0.717) is 11.8 Å². The molecular formula is C18H28N3+. The zero-order chi connectivity index (χ0) is 15.4. The average molecular weight is 286 g/mol. The minimum atomic E-state index is 0.671. The van der Waals surface area contributed by atoms with Crippen LogP contribution in [0.5, 0.6) is 0 Å². The van der Waals surface area contributed by atoms with Crippen LogP contribution in [-0.2, 0) is 14.1 Å². The van der Waals surface area contributed by atoms with E-state index in [4.69, 9.17) is 4.99 Å². The van der Waals surface area contributed by atoms with Gasteiger partial charge < -0.3 is 0 Å². The van der Waals surface area contributed by atoms with Crippen LogP contribution in [0.25, 0.3) is 0 Å². The highest BCUT2D eigenvalue weighted by Gasteiger charge is 2.18. The van der Waals surface area contributed by atoms with Gasteiger partial charge in [0.15, 0.2) is 0 Å². The number of imidazole rings is 1. The lowest BCUT2D eigenvalue weighted by Crippen LogP contribution is -2.35. The molecule has 0 N–H and O–H groups in total. The molecule has 0 aliphatic heterocycles. The minimum absolute atomic E-state index is 0.671. The summed E-state index contributed by atoms with van der Waals surface area (Å²) in [6.07, 6.45) is 14.3. The second kappa shape index (κ2) is 6.88.